The second-order valence-corrected chi connectivity index (χ2v) is 5.15. The van der Waals surface area contributed by atoms with Gasteiger partial charge in [0.25, 0.3) is 5.56 Å². The van der Waals surface area contributed by atoms with E-state index in [4.69, 9.17) is 0 Å². The number of nitrogens with zero attached hydrogens (tertiary/aromatic N) is 5. The van der Waals surface area contributed by atoms with Crippen molar-refractivity contribution in [2.75, 3.05) is 0 Å². The second-order valence-electron chi connectivity index (χ2n) is 5.15. The van der Waals surface area contributed by atoms with Crippen LogP contribution in [0.25, 0.3) is 16.8 Å². The standard InChI is InChI=1S/C17H13N5O/c23-17-16-10-15(13-4-3-6-18-11-13)20-22(16)9-8-21(17)12-14-5-1-2-7-19-14/h1-11H,12H2. The summed E-state index contributed by atoms with van der Waals surface area (Å²) < 4.78 is 3.23. The Balaban J connectivity index is 1.78. The molecule has 0 unspecified atom stereocenters. The van der Waals surface area contributed by atoms with Gasteiger partial charge in [0.15, 0.2) is 0 Å². The van der Waals surface area contributed by atoms with Gasteiger partial charge in [0.2, 0.25) is 0 Å². The van der Waals surface area contributed by atoms with Gasteiger partial charge in [-0.25, -0.2) is 4.52 Å². The Bertz CT molecular complexity index is 1010. The quantitative estimate of drug-likeness (QED) is 0.580. The summed E-state index contributed by atoms with van der Waals surface area (Å²) in [5.74, 6) is 0. The van der Waals surface area contributed by atoms with Crippen LogP contribution in [0.3, 0.4) is 0 Å². The van der Waals surface area contributed by atoms with E-state index >= 15 is 0 Å². The lowest BCUT2D eigenvalue weighted by Crippen LogP contribution is -2.22. The Morgan fingerprint density at radius 1 is 1.04 bits per heavy atom. The van der Waals surface area contributed by atoms with Gasteiger partial charge >= 0.3 is 0 Å². The molecule has 0 atom stereocenters. The lowest BCUT2D eigenvalue weighted by Gasteiger charge is -2.04. The summed E-state index contributed by atoms with van der Waals surface area (Å²) in [7, 11) is 0. The van der Waals surface area contributed by atoms with Gasteiger partial charge in [-0.3, -0.25) is 14.8 Å². The Kier molecular flexibility index (Phi) is 3.20. The molecule has 6 nitrogen and oxygen atoms in total. The Morgan fingerprint density at radius 2 is 2.00 bits per heavy atom. The molecule has 0 saturated carbocycles. The first-order chi connectivity index (χ1) is 11.3. The van der Waals surface area contributed by atoms with Crippen LogP contribution in [0.1, 0.15) is 5.69 Å². The molecular formula is C17H13N5O. The molecule has 6 heteroatoms. The third-order valence-corrected chi connectivity index (χ3v) is 3.62. The largest absolute Gasteiger partial charge is 0.306 e. The van der Waals surface area contributed by atoms with Crippen LogP contribution in [0.2, 0.25) is 0 Å². The highest BCUT2D eigenvalue weighted by atomic mass is 16.1. The van der Waals surface area contributed by atoms with Gasteiger partial charge in [0.1, 0.15) is 5.52 Å². The van der Waals surface area contributed by atoms with Gasteiger partial charge in [-0.15, -0.1) is 0 Å². The van der Waals surface area contributed by atoms with Crippen molar-refractivity contribution in [3.05, 3.63) is 83.4 Å². The van der Waals surface area contributed by atoms with Crippen molar-refractivity contribution in [2.45, 2.75) is 6.54 Å². The number of hydrogen-bond acceptors (Lipinski definition) is 4. The van der Waals surface area contributed by atoms with Crippen molar-refractivity contribution in [1.29, 1.82) is 0 Å². The molecule has 23 heavy (non-hydrogen) atoms. The van der Waals surface area contributed by atoms with E-state index in [-0.39, 0.29) is 5.56 Å². The SMILES string of the molecule is O=c1c2cc(-c3cccnc3)nn2ccn1Cc1ccccn1. The number of pyridine rings is 2. The van der Waals surface area contributed by atoms with Crippen molar-refractivity contribution < 1.29 is 0 Å². The first-order valence-corrected chi connectivity index (χ1v) is 7.20. The molecule has 112 valence electrons. The Labute approximate surface area is 131 Å². The average molecular weight is 303 g/mol. The summed E-state index contributed by atoms with van der Waals surface area (Å²) in [4.78, 5) is 21.0. The fourth-order valence-corrected chi connectivity index (χ4v) is 2.47. The van der Waals surface area contributed by atoms with Crippen molar-refractivity contribution in [3.63, 3.8) is 0 Å². The number of aromatic nitrogens is 5. The highest BCUT2D eigenvalue weighted by molar-refractivity contribution is 5.64. The van der Waals surface area contributed by atoms with E-state index in [1.807, 2.05) is 30.3 Å². The summed E-state index contributed by atoms with van der Waals surface area (Å²) in [6, 6.07) is 11.2. The molecule has 4 aromatic heterocycles. The maximum atomic E-state index is 12.6. The van der Waals surface area contributed by atoms with Gasteiger partial charge < -0.3 is 4.57 Å². The van der Waals surface area contributed by atoms with Crippen molar-refractivity contribution in [2.24, 2.45) is 0 Å². The van der Waals surface area contributed by atoms with Crippen molar-refractivity contribution in [3.8, 4) is 11.3 Å². The molecule has 0 N–H and O–H groups in total. The zero-order chi connectivity index (χ0) is 15.6. The van der Waals surface area contributed by atoms with E-state index in [2.05, 4.69) is 15.1 Å². The first kappa shape index (κ1) is 13.4. The van der Waals surface area contributed by atoms with Crippen LogP contribution in [0.15, 0.2) is 72.2 Å². The molecule has 4 aromatic rings. The highest BCUT2D eigenvalue weighted by Crippen LogP contribution is 2.16. The molecule has 0 radical (unpaired) electrons. The minimum Gasteiger partial charge on any atom is -0.306 e. The minimum atomic E-state index is -0.0965. The van der Waals surface area contributed by atoms with Crippen LogP contribution in [0, 0.1) is 0 Å². The van der Waals surface area contributed by atoms with Gasteiger partial charge in [-0.05, 0) is 30.3 Å². The van der Waals surface area contributed by atoms with Gasteiger partial charge in [-0.1, -0.05) is 6.07 Å². The van der Waals surface area contributed by atoms with Crippen LogP contribution in [-0.4, -0.2) is 24.1 Å². The van der Waals surface area contributed by atoms with Crippen LogP contribution in [0.5, 0.6) is 0 Å². The van der Waals surface area contributed by atoms with E-state index in [9.17, 15) is 4.79 Å². The van der Waals surface area contributed by atoms with Gasteiger partial charge in [0.05, 0.1) is 17.9 Å². The molecule has 0 aliphatic rings. The van der Waals surface area contributed by atoms with Gasteiger partial charge in [0, 0.05) is 36.5 Å². The molecule has 0 amide bonds. The first-order valence-electron chi connectivity index (χ1n) is 7.20. The summed E-state index contributed by atoms with van der Waals surface area (Å²) in [6.07, 6.45) is 8.66. The minimum absolute atomic E-state index is 0.0965. The third-order valence-electron chi connectivity index (χ3n) is 3.62. The van der Waals surface area contributed by atoms with Gasteiger partial charge in [-0.2, -0.15) is 5.10 Å². The number of fused-ring (bicyclic) bond motifs is 1. The zero-order valence-electron chi connectivity index (χ0n) is 12.2. The summed E-state index contributed by atoms with van der Waals surface area (Å²) >= 11 is 0. The molecule has 0 bridgehead atoms. The maximum Gasteiger partial charge on any atom is 0.276 e. The molecular weight excluding hydrogens is 290 g/mol. The van der Waals surface area contributed by atoms with Crippen LogP contribution < -0.4 is 5.56 Å². The number of hydrogen-bond donors (Lipinski definition) is 0. The lowest BCUT2D eigenvalue weighted by atomic mass is 10.2. The molecule has 0 aliphatic heterocycles. The van der Waals surface area contributed by atoms with E-state index in [1.165, 1.54) is 0 Å². The van der Waals surface area contributed by atoms with E-state index < -0.39 is 0 Å². The molecule has 4 rings (SSSR count). The van der Waals surface area contributed by atoms with Crippen LogP contribution >= 0.6 is 0 Å². The van der Waals surface area contributed by atoms with Crippen LogP contribution in [-0.2, 0) is 6.54 Å². The normalized spacial score (nSPS) is 11.0. The smallest absolute Gasteiger partial charge is 0.276 e. The van der Waals surface area contributed by atoms with Crippen LogP contribution in [0.4, 0.5) is 0 Å². The monoisotopic (exact) mass is 303 g/mol. The number of rotatable bonds is 3. The van der Waals surface area contributed by atoms with E-state index in [0.29, 0.717) is 12.1 Å². The van der Waals surface area contributed by atoms with Crippen molar-refractivity contribution >= 4 is 5.52 Å². The molecule has 0 fully saturated rings. The third kappa shape index (κ3) is 2.50. The van der Waals surface area contributed by atoms with E-state index in [1.54, 1.807) is 46.1 Å². The summed E-state index contributed by atoms with van der Waals surface area (Å²) in [5, 5.41) is 4.44. The highest BCUT2D eigenvalue weighted by Gasteiger charge is 2.09. The fourth-order valence-electron chi connectivity index (χ4n) is 2.47. The molecule has 0 aliphatic carbocycles. The predicted molar refractivity (Wildman–Crippen MR) is 86.0 cm³/mol. The molecule has 0 saturated heterocycles. The Hall–Kier alpha value is -3.28. The second kappa shape index (κ2) is 5.49. The fraction of sp³-hybridized carbons (Fsp3) is 0.0588. The molecule has 0 spiro atoms. The summed E-state index contributed by atoms with van der Waals surface area (Å²) in [5.41, 5.74) is 2.88. The lowest BCUT2D eigenvalue weighted by molar-refractivity contribution is 0.726. The van der Waals surface area contributed by atoms with E-state index in [0.717, 1.165) is 17.0 Å². The zero-order valence-corrected chi connectivity index (χ0v) is 12.2. The maximum absolute atomic E-state index is 12.6. The summed E-state index contributed by atoms with van der Waals surface area (Å²) in [6.45, 7) is 0.434. The topological polar surface area (TPSA) is 65.1 Å². The molecule has 4 heterocycles. The predicted octanol–water partition coefficient (Wildman–Crippen LogP) is 2.00. The molecule has 0 aromatic carbocycles. The Morgan fingerprint density at radius 3 is 2.78 bits per heavy atom. The average Bonchev–Trinajstić information content (AvgIpc) is 3.04. The van der Waals surface area contributed by atoms with Crippen molar-refractivity contribution in [1.82, 2.24) is 24.1 Å².